The van der Waals surface area contributed by atoms with Crippen molar-refractivity contribution in [3.05, 3.63) is 53.9 Å². The highest BCUT2D eigenvalue weighted by Gasteiger charge is 2.25. The minimum Gasteiger partial charge on any atom is -0.485 e. The van der Waals surface area contributed by atoms with E-state index >= 15 is 0 Å². The second-order valence-corrected chi connectivity index (χ2v) is 4.74. The van der Waals surface area contributed by atoms with Crippen molar-refractivity contribution in [2.45, 2.75) is 6.10 Å². The second kappa shape index (κ2) is 4.44. The number of H-pyrrole nitrogens is 1. The Morgan fingerprint density at radius 1 is 1.10 bits per heavy atom. The Hall–Kier alpha value is -2.63. The summed E-state index contributed by atoms with van der Waals surface area (Å²) in [5.41, 5.74) is 0.388. The third kappa shape index (κ3) is 1.91. The van der Waals surface area contributed by atoms with Crippen LogP contribution in [0.4, 0.5) is 8.78 Å². The van der Waals surface area contributed by atoms with Crippen LogP contribution in [0.15, 0.2) is 36.4 Å². The fourth-order valence-electron chi connectivity index (χ4n) is 2.34. The largest absolute Gasteiger partial charge is 0.485 e. The highest BCUT2D eigenvalue weighted by molar-refractivity contribution is 5.75. The average molecular weight is 288 g/mol. The fourth-order valence-corrected chi connectivity index (χ4v) is 2.34. The third-order valence-electron chi connectivity index (χ3n) is 3.38. The first-order chi connectivity index (χ1) is 10.2. The SMILES string of the molecule is Fc1ccc2[nH]c(C3COc4ccccc4O3)nc2c1F. The number of hydrogen-bond acceptors (Lipinski definition) is 3. The number of nitrogens with zero attached hydrogens (tertiary/aromatic N) is 1. The van der Waals surface area contributed by atoms with Gasteiger partial charge in [0.15, 0.2) is 35.1 Å². The van der Waals surface area contributed by atoms with Crippen LogP contribution in [-0.4, -0.2) is 16.6 Å². The predicted molar refractivity (Wildman–Crippen MR) is 71.3 cm³/mol. The Balaban J connectivity index is 1.73. The molecule has 3 aromatic rings. The van der Waals surface area contributed by atoms with Crippen molar-refractivity contribution in [1.29, 1.82) is 0 Å². The zero-order valence-electron chi connectivity index (χ0n) is 10.8. The van der Waals surface area contributed by atoms with Gasteiger partial charge in [-0.1, -0.05) is 12.1 Å². The standard InChI is InChI=1S/C15H10F2N2O2/c16-8-5-6-9-14(13(8)17)19-15(18-9)12-7-20-10-3-1-2-4-11(10)21-12/h1-6,12H,7H2,(H,18,19). The van der Waals surface area contributed by atoms with E-state index in [9.17, 15) is 8.78 Å². The molecule has 2 aromatic carbocycles. The molecule has 0 spiro atoms. The molecule has 0 saturated heterocycles. The maximum Gasteiger partial charge on any atom is 0.190 e. The summed E-state index contributed by atoms with van der Waals surface area (Å²) in [7, 11) is 0. The number of nitrogens with one attached hydrogen (secondary N) is 1. The topological polar surface area (TPSA) is 47.1 Å². The number of ether oxygens (including phenoxy) is 2. The zero-order chi connectivity index (χ0) is 14.4. The number of aromatic nitrogens is 2. The van der Waals surface area contributed by atoms with E-state index in [4.69, 9.17) is 9.47 Å². The Labute approximate surface area is 118 Å². The van der Waals surface area contributed by atoms with Gasteiger partial charge in [0.25, 0.3) is 0 Å². The molecule has 1 N–H and O–H groups in total. The van der Waals surface area contributed by atoms with Gasteiger partial charge < -0.3 is 14.5 Å². The summed E-state index contributed by atoms with van der Waals surface area (Å²) in [6.07, 6.45) is -0.491. The number of hydrogen-bond donors (Lipinski definition) is 1. The summed E-state index contributed by atoms with van der Waals surface area (Å²) in [6, 6.07) is 9.78. The van der Waals surface area contributed by atoms with Crippen LogP contribution in [0, 0.1) is 11.6 Å². The summed E-state index contributed by atoms with van der Waals surface area (Å²) < 4.78 is 38.3. The van der Waals surface area contributed by atoms with Crippen molar-refractivity contribution in [3.63, 3.8) is 0 Å². The van der Waals surface area contributed by atoms with Crippen molar-refractivity contribution in [2.75, 3.05) is 6.61 Å². The van der Waals surface area contributed by atoms with Crippen LogP contribution >= 0.6 is 0 Å². The molecule has 1 unspecified atom stereocenters. The first kappa shape index (κ1) is 12.1. The Bertz CT molecular complexity index is 832. The van der Waals surface area contributed by atoms with Gasteiger partial charge in [-0.05, 0) is 24.3 Å². The van der Waals surface area contributed by atoms with Crippen LogP contribution < -0.4 is 9.47 Å². The molecular formula is C15H10F2N2O2. The van der Waals surface area contributed by atoms with Gasteiger partial charge in [0, 0.05) is 0 Å². The van der Waals surface area contributed by atoms with E-state index in [1.165, 1.54) is 6.07 Å². The van der Waals surface area contributed by atoms with Crippen LogP contribution in [0.1, 0.15) is 11.9 Å². The highest BCUT2D eigenvalue weighted by atomic mass is 19.2. The number of rotatable bonds is 1. The summed E-state index contributed by atoms with van der Waals surface area (Å²) in [4.78, 5) is 7.04. The Morgan fingerprint density at radius 2 is 1.90 bits per heavy atom. The normalized spacial score (nSPS) is 17.1. The quantitative estimate of drug-likeness (QED) is 0.747. The van der Waals surface area contributed by atoms with Crippen LogP contribution in [0.2, 0.25) is 0 Å². The van der Waals surface area contributed by atoms with Gasteiger partial charge in [-0.2, -0.15) is 0 Å². The second-order valence-electron chi connectivity index (χ2n) is 4.74. The lowest BCUT2D eigenvalue weighted by Crippen LogP contribution is -2.22. The molecule has 0 bridgehead atoms. The molecule has 4 nitrogen and oxygen atoms in total. The van der Waals surface area contributed by atoms with Gasteiger partial charge in [0.1, 0.15) is 12.1 Å². The lowest BCUT2D eigenvalue weighted by Gasteiger charge is -2.24. The van der Waals surface area contributed by atoms with Gasteiger partial charge in [-0.15, -0.1) is 0 Å². The van der Waals surface area contributed by atoms with E-state index in [2.05, 4.69) is 9.97 Å². The van der Waals surface area contributed by atoms with Crippen molar-refractivity contribution in [3.8, 4) is 11.5 Å². The minimum atomic E-state index is -0.966. The summed E-state index contributed by atoms with van der Waals surface area (Å²) >= 11 is 0. The molecule has 0 aliphatic carbocycles. The van der Waals surface area contributed by atoms with Gasteiger partial charge in [-0.25, -0.2) is 13.8 Å². The first-order valence-electron chi connectivity index (χ1n) is 6.44. The molecule has 0 fully saturated rings. The van der Waals surface area contributed by atoms with Crippen molar-refractivity contribution >= 4 is 11.0 Å². The van der Waals surface area contributed by atoms with Crippen molar-refractivity contribution in [2.24, 2.45) is 0 Å². The summed E-state index contributed by atoms with van der Waals surface area (Å²) in [6.45, 7) is 0.251. The lowest BCUT2D eigenvalue weighted by atomic mass is 10.2. The Morgan fingerprint density at radius 3 is 2.76 bits per heavy atom. The van der Waals surface area contributed by atoms with E-state index < -0.39 is 17.7 Å². The van der Waals surface area contributed by atoms with Gasteiger partial charge in [0.05, 0.1) is 5.52 Å². The molecule has 0 saturated carbocycles. The molecule has 1 aliphatic heterocycles. The number of benzene rings is 2. The third-order valence-corrected chi connectivity index (χ3v) is 3.38. The van der Waals surface area contributed by atoms with Gasteiger partial charge in [0.2, 0.25) is 0 Å². The van der Waals surface area contributed by atoms with Gasteiger partial charge >= 0.3 is 0 Å². The number of imidazole rings is 1. The summed E-state index contributed by atoms with van der Waals surface area (Å²) in [5.74, 6) is -0.231. The molecule has 1 aromatic heterocycles. The van der Waals surface area contributed by atoms with E-state index in [-0.39, 0.29) is 12.1 Å². The number of aromatic amines is 1. The van der Waals surface area contributed by atoms with E-state index in [0.717, 1.165) is 6.07 Å². The van der Waals surface area contributed by atoms with Crippen molar-refractivity contribution in [1.82, 2.24) is 9.97 Å². The first-order valence-corrected chi connectivity index (χ1v) is 6.44. The zero-order valence-corrected chi connectivity index (χ0v) is 10.8. The molecule has 21 heavy (non-hydrogen) atoms. The number of fused-ring (bicyclic) bond motifs is 2. The van der Waals surface area contributed by atoms with Crippen LogP contribution in [0.3, 0.4) is 0 Å². The monoisotopic (exact) mass is 288 g/mol. The lowest BCUT2D eigenvalue weighted by molar-refractivity contribution is 0.0859. The molecule has 0 radical (unpaired) electrons. The molecular weight excluding hydrogens is 278 g/mol. The fraction of sp³-hybridized carbons (Fsp3) is 0.133. The highest BCUT2D eigenvalue weighted by Crippen LogP contribution is 2.35. The molecule has 4 rings (SSSR count). The number of halogens is 2. The van der Waals surface area contributed by atoms with Crippen molar-refractivity contribution < 1.29 is 18.3 Å². The average Bonchev–Trinajstić information content (AvgIpc) is 2.95. The molecule has 1 aliphatic rings. The Kier molecular flexibility index (Phi) is 2.57. The van der Waals surface area contributed by atoms with Gasteiger partial charge in [-0.3, -0.25) is 0 Å². The van der Waals surface area contributed by atoms with Crippen LogP contribution in [0.5, 0.6) is 11.5 Å². The maximum atomic E-state index is 13.7. The summed E-state index contributed by atoms with van der Waals surface area (Å²) in [5, 5.41) is 0. The smallest absolute Gasteiger partial charge is 0.190 e. The van der Waals surface area contributed by atoms with E-state index in [0.29, 0.717) is 22.8 Å². The number of para-hydroxylation sites is 2. The molecule has 2 heterocycles. The van der Waals surface area contributed by atoms with E-state index in [1.807, 2.05) is 12.1 Å². The predicted octanol–water partition coefficient (Wildman–Crippen LogP) is 3.35. The van der Waals surface area contributed by atoms with Crippen LogP contribution in [0.25, 0.3) is 11.0 Å². The van der Waals surface area contributed by atoms with Crippen LogP contribution in [-0.2, 0) is 0 Å². The molecule has 0 amide bonds. The molecule has 1 atom stereocenters. The van der Waals surface area contributed by atoms with E-state index in [1.54, 1.807) is 12.1 Å². The molecule has 6 heteroatoms. The minimum absolute atomic E-state index is 0.0348. The molecule has 106 valence electrons. The maximum absolute atomic E-state index is 13.7.